The highest BCUT2D eigenvalue weighted by atomic mass is 19.1. The first-order chi connectivity index (χ1) is 15.8. The second kappa shape index (κ2) is 8.99. The lowest BCUT2D eigenvalue weighted by molar-refractivity contribution is -0.127. The van der Waals surface area contributed by atoms with Gasteiger partial charge in [0.05, 0.1) is 5.69 Å². The number of imide groups is 1. The van der Waals surface area contributed by atoms with E-state index in [1.807, 2.05) is 60.1 Å². The van der Waals surface area contributed by atoms with Gasteiger partial charge in [0.2, 0.25) is 5.91 Å². The van der Waals surface area contributed by atoms with Gasteiger partial charge < -0.3 is 20.1 Å². The minimum absolute atomic E-state index is 0.0246. The summed E-state index contributed by atoms with van der Waals surface area (Å²) in [4.78, 5) is 40.1. The highest BCUT2D eigenvalue weighted by Gasteiger charge is 2.35. The summed E-state index contributed by atoms with van der Waals surface area (Å²) in [5.41, 5.74) is 2.63. The van der Waals surface area contributed by atoms with Crippen LogP contribution in [0.25, 0.3) is 11.8 Å². The van der Waals surface area contributed by atoms with E-state index in [0.29, 0.717) is 5.69 Å². The summed E-state index contributed by atoms with van der Waals surface area (Å²) in [6, 6.07) is 16.4. The molecule has 1 saturated heterocycles. The molecule has 0 unspecified atom stereocenters. The van der Waals surface area contributed by atoms with Gasteiger partial charge in [0, 0.05) is 37.4 Å². The van der Waals surface area contributed by atoms with Crippen molar-refractivity contribution in [3.05, 3.63) is 84.1 Å². The third-order valence-electron chi connectivity index (χ3n) is 5.13. The second-order valence-electron chi connectivity index (χ2n) is 7.62. The number of amides is 4. The number of para-hydroxylation sites is 1. The molecule has 2 heterocycles. The monoisotopic (exact) mass is 447 g/mol. The average molecular weight is 447 g/mol. The van der Waals surface area contributed by atoms with E-state index in [1.54, 1.807) is 18.2 Å². The fraction of sp³-hybridized carbons (Fsp3) is 0.125. The van der Waals surface area contributed by atoms with Gasteiger partial charge in [-0.3, -0.25) is 9.59 Å². The minimum atomic E-state index is -0.719. The van der Waals surface area contributed by atoms with Crippen molar-refractivity contribution in [3.8, 4) is 5.69 Å². The van der Waals surface area contributed by atoms with Gasteiger partial charge in [0.15, 0.2) is 0 Å². The molecule has 33 heavy (non-hydrogen) atoms. The Bertz CT molecular complexity index is 1250. The van der Waals surface area contributed by atoms with Crippen LogP contribution in [0.15, 0.2) is 72.6 Å². The molecule has 0 aliphatic carbocycles. The van der Waals surface area contributed by atoms with Gasteiger partial charge in [-0.05, 0) is 54.6 Å². The number of hydrogen-bond donors (Lipinski definition) is 2. The standard InChI is InChI=1S/C24H22FN5O3/c1-28(2)16-9-11-17(12-10-16)29-13-5-6-18(29)14-21-23(32)30(24(33)27-21)15-22(31)26-20-8-4-3-7-19(20)25/h3-14H,15H2,1-2H3,(H,26,31)(H,27,33)/b21-14-. The molecule has 0 saturated carbocycles. The Hall–Kier alpha value is -4.40. The number of carbonyl (C=O) groups is 3. The highest BCUT2D eigenvalue weighted by Crippen LogP contribution is 2.21. The lowest BCUT2D eigenvalue weighted by atomic mass is 10.2. The van der Waals surface area contributed by atoms with Gasteiger partial charge in [0.1, 0.15) is 18.1 Å². The smallest absolute Gasteiger partial charge is 0.329 e. The van der Waals surface area contributed by atoms with Gasteiger partial charge in [-0.15, -0.1) is 0 Å². The predicted octanol–water partition coefficient (Wildman–Crippen LogP) is 3.21. The maximum atomic E-state index is 13.7. The largest absolute Gasteiger partial charge is 0.378 e. The summed E-state index contributed by atoms with van der Waals surface area (Å²) in [7, 11) is 3.91. The van der Waals surface area contributed by atoms with Gasteiger partial charge >= 0.3 is 6.03 Å². The first kappa shape index (κ1) is 21.8. The summed E-state index contributed by atoms with van der Waals surface area (Å²) in [5, 5.41) is 4.87. The summed E-state index contributed by atoms with van der Waals surface area (Å²) < 4.78 is 15.6. The van der Waals surface area contributed by atoms with E-state index in [-0.39, 0.29) is 11.4 Å². The molecule has 9 heteroatoms. The minimum Gasteiger partial charge on any atom is -0.378 e. The Morgan fingerprint density at radius 2 is 1.79 bits per heavy atom. The molecule has 4 rings (SSSR count). The molecule has 1 aliphatic heterocycles. The van der Waals surface area contributed by atoms with Crippen molar-refractivity contribution in [2.24, 2.45) is 0 Å². The van der Waals surface area contributed by atoms with E-state index < -0.39 is 30.2 Å². The Balaban J connectivity index is 1.50. The zero-order chi connectivity index (χ0) is 23.5. The summed E-state index contributed by atoms with van der Waals surface area (Å²) in [6.45, 7) is -0.538. The van der Waals surface area contributed by atoms with Crippen LogP contribution >= 0.6 is 0 Å². The third kappa shape index (κ3) is 4.62. The molecule has 2 aromatic carbocycles. The molecular weight excluding hydrogens is 425 g/mol. The van der Waals surface area contributed by atoms with Crippen molar-refractivity contribution in [3.63, 3.8) is 0 Å². The second-order valence-corrected chi connectivity index (χ2v) is 7.62. The molecule has 0 spiro atoms. The summed E-state index contributed by atoms with van der Waals surface area (Å²) in [6.07, 6.45) is 3.40. The number of rotatable bonds is 6. The fourth-order valence-electron chi connectivity index (χ4n) is 3.42. The maximum Gasteiger partial charge on any atom is 0.329 e. The topological polar surface area (TPSA) is 86.7 Å². The molecule has 0 radical (unpaired) electrons. The van der Waals surface area contributed by atoms with Crippen molar-refractivity contribution < 1.29 is 18.8 Å². The van der Waals surface area contributed by atoms with Crippen LogP contribution in [0.1, 0.15) is 5.69 Å². The van der Waals surface area contributed by atoms with E-state index in [9.17, 15) is 18.8 Å². The molecule has 1 fully saturated rings. The fourth-order valence-corrected chi connectivity index (χ4v) is 3.42. The molecule has 168 valence electrons. The molecule has 1 aromatic heterocycles. The zero-order valence-electron chi connectivity index (χ0n) is 18.1. The Morgan fingerprint density at radius 1 is 1.06 bits per heavy atom. The van der Waals surface area contributed by atoms with Crippen molar-refractivity contribution in [1.29, 1.82) is 0 Å². The van der Waals surface area contributed by atoms with Crippen LogP contribution < -0.4 is 15.5 Å². The Kier molecular flexibility index (Phi) is 5.95. The molecular formula is C24H22FN5O3. The lowest BCUT2D eigenvalue weighted by Gasteiger charge is -2.14. The normalized spacial score (nSPS) is 14.5. The number of benzene rings is 2. The molecule has 0 atom stereocenters. The van der Waals surface area contributed by atoms with E-state index in [4.69, 9.17) is 0 Å². The Morgan fingerprint density at radius 3 is 2.48 bits per heavy atom. The SMILES string of the molecule is CN(C)c1ccc(-n2cccc2/C=C2\NC(=O)N(CC(=O)Nc3ccccc3F)C2=O)cc1. The van der Waals surface area contributed by atoms with E-state index in [2.05, 4.69) is 10.6 Å². The van der Waals surface area contributed by atoms with Crippen molar-refractivity contribution >= 4 is 35.3 Å². The van der Waals surface area contributed by atoms with Crippen molar-refractivity contribution in [2.75, 3.05) is 30.9 Å². The number of nitrogens with zero attached hydrogens (tertiary/aromatic N) is 3. The van der Waals surface area contributed by atoms with E-state index in [1.165, 1.54) is 18.2 Å². The van der Waals surface area contributed by atoms with Crippen LogP contribution in [0.4, 0.5) is 20.6 Å². The van der Waals surface area contributed by atoms with Gasteiger partial charge in [-0.2, -0.15) is 0 Å². The van der Waals surface area contributed by atoms with Crippen molar-refractivity contribution in [1.82, 2.24) is 14.8 Å². The first-order valence-corrected chi connectivity index (χ1v) is 10.2. The Labute approximate surface area is 189 Å². The molecule has 0 bridgehead atoms. The number of halogens is 1. The highest BCUT2D eigenvalue weighted by molar-refractivity contribution is 6.15. The number of urea groups is 1. The predicted molar refractivity (Wildman–Crippen MR) is 123 cm³/mol. The van der Waals surface area contributed by atoms with Crippen LogP contribution in [0.3, 0.4) is 0 Å². The van der Waals surface area contributed by atoms with Gasteiger partial charge in [-0.25, -0.2) is 14.1 Å². The van der Waals surface area contributed by atoms with Crippen LogP contribution in [-0.4, -0.2) is 48.0 Å². The van der Waals surface area contributed by atoms with E-state index in [0.717, 1.165) is 16.3 Å². The van der Waals surface area contributed by atoms with Crippen LogP contribution in [0, 0.1) is 5.82 Å². The molecule has 1 aliphatic rings. The van der Waals surface area contributed by atoms with Crippen LogP contribution in [0.2, 0.25) is 0 Å². The number of anilines is 2. The number of hydrogen-bond acceptors (Lipinski definition) is 4. The summed E-state index contributed by atoms with van der Waals surface area (Å²) in [5.74, 6) is -1.93. The van der Waals surface area contributed by atoms with Gasteiger partial charge in [0.25, 0.3) is 5.91 Å². The quantitative estimate of drug-likeness (QED) is 0.449. The van der Waals surface area contributed by atoms with Crippen LogP contribution in [0.5, 0.6) is 0 Å². The maximum absolute atomic E-state index is 13.7. The lowest BCUT2D eigenvalue weighted by Crippen LogP contribution is -2.38. The third-order valence-corrected chi connectivity index (χ3v) is 5.13. The molecule has 2 N–H and O–H groups in total. The average Bonchev–Trinajstić information content (AvgIpc) is 3.35. The molecule has 4 amide bonds. The molecule has 8 nitrogen and oxygen atoms in total. The number of carbonyl (C=O) groups excluding carboxylic acids is 3. The first-order valence-electron chi connectivity index (χ1n) is 10.2. The molecule has 3 aromatic rings. The zero-order valence-corrected chi connectivity index (χ0v) is 18.1. The number of nitrogens with one attached hydrogen (secondary N) is 2. The van der Waals surface area contributed by atoms with E-state index >= 15 is 0 Å². The number of aromatic nitrogens is 1. The van der Waals surface area contributed by atoms with Gasteiger partial charge in [-0.1, -0.05) is 12.1 Å². The summed E-state index contributed by atoms with van der Waals surface area (Å²) >= 11 is 0. The van der Waals surface area contributed by atoms with Crippen LogP contribution in [-0.2, 0) is 9.59 Å². The van der Waals surface area contributed by atoms with Crippen molar-refractivity contribution in [2.45, 2.75) is 0 Å².